The van der Waals surface area contributed by atoms with E-state index in [1.807, 2.05) is 19.1 Å². The van der Waals surface area contributed by atoms with Crippen LogP contribution in [0.1, 0.15) is 23.6 Å². The minimum absolute atomic E-state index is 0.151. The molecule has 0 saturated carbocycles. The molecule has 2 aliphatic heterocycles. The number of aliphatic hydroxyl groups excluding tert-OH is 1. The largest absolute Gasteiger partial charge is 0.390 e. The lowest BCUT2D eigenvalue weighted by atomic mass is 9.74. The van der Waals surface area contributed by atoms with Gasteiger partial charge in [0.05, 0.1) is 34.3 Å². The molecule has 1 aromatic heterocycles. The van der Waals surface area contributed by atoms with Gasteiger partial charge in [0.25, 0.3) is 0 Å². The summed E-state index contributed by atoms with van der Waals surface area (Å²) in [6.45, 7) is 1.90. The number of anilines is 1. The number of fused-ring (bicyclic) bond motifs is 2. The molecule has 5 atom stereocenters. The number of amides is 1. The summed E-state index contributed by atoms with van der Waals surface area (Å²) in [6, 6.07) is 8.80. The van der Waals surface area contributed by atoms with Crippen molar-refractivity contribution in [3.63, 3.8) is 0 Å². The smallest absolute Gasteiger partial charge is 0.230 e. The SMILES string of the molecule is Cc1cc([C@H]2[C@H]3O[C@H](C[C@@H]3O)[C@@H]2C(=O)Nc2ccc(Cl)c(Cl)c2)ccn1. The van der Waals surface area contributed by atoms with Crippen LogP contribution >= 0.6 is 23.2 Å². The standard InChI is InChI=1S/C19H18Cl2N2O3/c1-9-6-10(4-5-22-9)16-17(15-8-14(24)18(16)26-15)19(25)23-11-2-3-12(20)13(21)7-11/h2-7,14-18,24H,8H2,1H3,(H,23,25)/t14-,15+,16+,17-,18-/m0/s1. The molecule has 1 amide bonds. The molecule has 5 nitrogen and oxygen atoms in total. The number of hydrogen-bond acceptors (Lipinski definition) is 4. The van der Waals surface area contributed by atoms with E-state index in [-0.39, 0.29) is 30.0 Å². The highest BCUT2D eigenvalue weighted by molar-refractivity contribution is 6.42. The summed E-state index contributed by atoms with van der Waals surface area (Å²) in [5.74, 6) is -0.755. The van der Waals surface area contributed by atoms with E-state index in [1.54, 1.807) is 24.4 Å². The molecule has 2 saturated heterocycles. The highest BCUT2D eigenvalue weighted by Crippen LogP contribution is 2.49. The summed E-state index contributed by atoms with van der Waals surface area (Å²) in [7, 11) is 0. The number of ether oxygens (including phenoxy) is 1. The molecule has 0 spiro atoms. The maximum absolute atomic E-state index is 13.0. The van der Waals surface area contributed by atoms with Gasteiger partial charge in [0, 0.05) is 29.9 Å². The van der Waals surface area contributed by atoms with Crippen molar-refractivity contribution in [3.05, 3.63) is 57.8 Å². The molecule has 3 heterocycles. The van der Waals surface area contributed by atoms with Crippen molar-refractivity contribution >= 4 is 34.8 Å². The van der Waals surface area contributed by atoms with Crippen LogP contribution in [-0.2, 0) is 9.53 Å². The Bertz CT molecular complexity index is 860. The average molecular weight is 393 g/mol. The van der Waals surface area contributed by atoms with Crippen LogP contribution < -0.4 is 5.32 Å². The van der Waals surface area contributed by atoms with Crippen molar-refractivity contribution in [2.24, 2.45) is 5.92 Å². The number of nitrogens with zero attached hydrogens (tertiary/aromatic N) is 1. The van der Waals surface area contributed by atoms with Gasteiger partial charge in [-0.15, -0.1) is 0 Å². The Labute approximate surface area is 161 Å². The van der Waals surface area contributed by atoms with Crippen LogP contribution in [0, 0.1) is 12.8 Å². The van der Waals surface area contributed by atoms with Gasteiger partial charge in [-0.2, -0.15) is 0 Å². The van der Waals surface area contributed by atoms with Gasteiger partial charge >= 0.3 is 0 Å². The lowest BCUT2D eigenvalue weighted by Gasteiger charge is -2.30. The molecule has 2 bridgehead atoms. The number of aliphatic hydroxyl groups is 1. The van der Waals surface area contributed by atoms with Crippen molar-refractivity contribution in [3.8, 4) is 0 Å². The van der Waals surface area contributed by atoms with Crippen molar-refractivity contribution in [2.75, 3.05) is 5.32 Å². The topological polar surface area (TPSA) is 71.5 Å². The Hall–Kier alpha value is -1.66. The van der Waals surface area contributed by atoms with Crippen molar-refractivity contribution in [1.82, 2.24) is 4.98 Å². The van der Waals surface area contributed by atoms with Crippen LogP contribution in [-0.4, -0.2) is 34.3 Å². The van der Waals surface area contributed by atoms with Crippen LogP contribution in [0.2, 0.25) is 10.0 Å². The molecule has 0 radical (unpaired) electrons. The van der Waals surface area contributed by atoms with Gasteiger partial charge in [-0.3, -0.25) is 9.78 Å². The van der Waals surface area contributed by atoms with E-state index in [2.05, 4.69) is 10.3 Å². The molecule has 0 aliphatic carbocycles. The second kappa shape index (κ2) is 6.82. The molecule has 7 heteroatoms. The van der Waals surface area contributed by atoms with E-state index in [9.17, 15) is 9.90 Å². The lowest BCUT2D eigenvalue weighted by molar-refractivity contribution is -0.121. The molecule has 4 rings (SSSR count). The van der Waals surface area contributed by atoms with Crippen molar-refractivity contribution in [2.45, 2.75) is 37.6 Å². The molecular weight excluding hydrogens is 375 g/mol. The summed E-state index contributed by atoms with van der Waals surface area (Å²) >= 11 is 12.0. The minimum atomic E-state index is -0.563. The Balaban J connectivity index is 1.62. The van der Waals surface area contributed by atoms with Gasteiger partial charge in [-0.1, -0.05) is 23.2 Å². The number of benzene rings is 1. The van der Waals surface area contributed by atoms with Gasteiger partial charge < -0.3 is 15.2 Å². The molecule has 2 N–H and O–H groups in total. The Morgan fingerprint density at radius 1 is 1.27 bits per heavy atom. The van der Waals surface area contributed by atoms with Crippen molar-refractivity contribution in [1.29, 1.82) is 0 Å². The van der Waals surface area contributed by atoms with Gasteiger partial charge in [-0.05, 0) is 42.8 Å². The predicted molar refractivity (Wildman–Crippen MR) is 99.6 cm³/mol. The van der Waals surface area contributed by atoms with E-state index >= 15 is 0 Å². The monoisotopic (exact) mass is 392 g/mol. The van der Waals surface area contributed by atoms with Crippen LogP contribution in [0.3, 0.4) is 0 Å². The second-order valence-corrected chi connectivity index (χ2v) is 7.66. The number of carbonyl (C=O) groups is 1. The van der Waals surface area contributed by atoms with Gasteiger partial charge in [-0.25, -0.2) is 0 Å². The van der Waals surface area contributed by atoms with Gasteiger partial charge in [0.1, 0.15) is 0 Å². The summed E-state index contributed by atoms with van der Waals surface area (Å²) < 4.78 is 5.93. The number of nitrogens with one attached hydrogen (secondary N) is 1. The fourth-order valence-corrected chi connectivity index (χ4v) is 4.31. The highest BCUT2D eigenvalue weighted by atomic mass is 35.5. The number of pyridine rings is 1. The first-order valence-corrected chi connectivity index (χ1v) is 9.21. The molecule has 2 fully saturated rings. The summed E-state index contributed by atoms with van der Waals surface area (Å²) in [5, 5.41) is 14.0. The zero-order chi connectivity index (χ0) is 18.4. The first-order chi connectivity index (χ1) is 12.4. The molecule has 0 unspecified atom stereocenters. The number of carbonyl (C=O) groups excluding carboxylic acids is 1. The minimum Gasteiger partial charge on any atom is -0.390 e. The van der Waals surface area contributed by atoms with Crippen LogP contribution in [0.4, 0.5) is 5.69 Å². The Morgan fingerprint density at radius 2 is 2.08 bits per heavy atom. The third kappa shape index (κ3) is 3.09. The molecular formula is C19H18Cl2N2O3. The summed E-state index contributed by atoms with van der Waals surface area (Å²) in [5.41, 5.74) is 2.40. The quantitative estimate of drug-likeness (QED) is 0.837. The van der Waals surface area contributed by atoms with Crippen molar-refractivity contribution < 1.29 is 14.6 Å². The fourth-order valence-electron chi connectivity index (χ4n) is 4.01. The molecule has 136 valence electrons. The van der Waals surface area contributed by atoms with E-state index in [4.69, 9.17) is 27.9 Å². The van der Waals surface area contributed by atoms with E-state index in [1.165, 1.54) is 0 Å². The number of hydrogen-bond donors (Lipinski definition) is 2. The van der Waals surface area contributed by atoms with Crippen LogP contribution in [0.15, 0.2) is 36.5 Å². The van der Waals surface area contributed by atoms with E-state index in [0.717, 1.165) is 11.3 Å². The Kier molecular flexibility index (Phi) is 4.65. The highest BCUT2D eigenvalue weighted by Gasteiger charge is 2.56. The van der Waals surface area contributed by atoms with E-state index in [0.29, 0.717) is 22.2 Å². The lowest BCUT2D eigenvalue weighted by Crippen LogP contribution is -2.41. The number of rotatable bonds is 3. The normalized spacial score (nSPS) is 29.8. The maximum atomic E-state index is 13.0. The summed E-state index contributed by atoms with van der Waals surface area (Å²) in [4.78, 5) is 17.2. The van der Waals surface area contributed by atoms with Gasteiger partial charge in [0.2, 0.25) is 5.91 Å². The van der Waals surface area contributed by atoms with Gasteiger partial charge in [0.15, 0.2) is 0 Å². The zero-order valence-electron chi connectivity index (χ0n) is 14.0. The fraction of sp³-hybridized carbons (Fsp3) is 0.368. The average Bonchev–Trinajstić information content (AvgIpc) is 3.15. The zero-order valence-corrected chi connectivity index (χ0v) is 15.5. The summed E-state index contributed by atoms with van der Waals surface area (Å²) in [6.07, 6.45) is 0.928. The van der Waals surface area contributed by atoms with Crippen LogP contribution in [0.5, 0.6) is 0 Å². The number of aryl methyl sites for hydroxylation is 1. The second-order valence-electron chi connectivity index (χ2n) is 6.84. The molecule has 2 aliphatic rings. The predicted octanol–water partition coefficient (Wildman–Crippen LogP) is 3.57. The third-order valence-corrected chi connectivity index (χ3v) is 5.86. The number of halogens is 2. The third-order valence-electron chi connectivity index (χ3n) is 5.12. The maximum Gasteiger partial charge on any atom is 0.230 e. The number of aromatic nitrogens is 1. The molecule has 2 aromatic rings. The first-order valence-electron chi connectivity index (χ1n) is 8.46. The van der Waals surface area contributed by atoms with E-state index < -0.39 is 6.10 Å². The first kappa shape index (κ1) is 17.7. The molecule has 1 aromatic carbocycles. The van der Waals surface area contributed by atoms with Crippen LogP contribution in [0.25, 0.3) is 0 Å². The molecule has 26 heavy (non-hydrogen) atoms. The Morgan fingerprint density at radius 3 is 2.81 bits per heavy atom.